The first-order valence-electron chi connectivity index (χ1n) is 7.45. The molecule has 2 saturated carbocycles. The van der Waals surface area contributed by atoms with Crippen molar-refractivity contribution in [3.05, 3.63) is 28.2 Å². The van der Waals surface area contributed by atoms with E-state index in [1.165, 1.54) is 6.42 Å². The normalized spacial score (nSPS) is 31.6. The fourth-order valence-electron chi connectivity index (χ4n) is 3.92. The van der Waals surface area contributed by atoms with Gasteiger partial charge in [-0.2, -0.15) is 0 Å². The highest BCUT2D eigenvalue weighted by molar-refractivity contribution is 9.10. The van der Waals surface area contributed by atoms with E-state index in [2.05, 4.69) is 34.2 Å². The number of amides is 1. The van der Waals surface area contributed by atoms with E-state index in [1.54, 1.807) is 0 Å². The molecule has 20 heavy (non-hydrogen) atoms. The highest BCUT2D eigenvalue weighted by atomic mass is 79.9. The molecule has 0 aliphatic heterocycles. The minimum absolute atomic E-state index is 0.00195. The number of anilines is 1. The lowest BCUT2D eigenvalue weighted by Gasteiger charge is -2.27. The molecule has 4 unspecified atom stereocenters. The average Bonchev–Trinajstić information content (AvgIpc) is 3.01. The van der Waals surface area contributed by atoms with Gasteiger partial charge in [0.1, 0.15) is 0 Å². The molecule has 3 nitrogen and oxygen atoms in total. The second-order valence-electron chi connectivity index (χ2n) is 6.08. The molecule has 0 saturated heterocycles. The molecule has 1 amide bonds. The van der Waals surface area contributed by atoms with E-state index < -0.39 is 0 Å². The maximum absolute atomic E-state index is 12.6. The summed E-state index contributed by atoms with van der Waals surface area (Å²) in [6.07, 6.45) is 4.41. The first-order valence-corrected chi connectivity index (χ1v) is 8.24. The number of carbonyl (C=O) groups is 1. The van der Waals surface area contributed by atoms with Gasteiger partial charge < -0.3 is 11.1 Å². The Hall–Kier alpha value is -0.870. The molecule has 4 heteroatoms. The van der Waals surface area contributed by atoms with Crippen LogP contribution in [0.1, 0.15) is 31.7 Å². The van der Waals surface area contributed by atoms with Gasteiger partial charge in [-0.3, -0.25) is 4.79 Å². The van der Waals surface area contributed by atoms with Crippen LogP contribution in [0.5, 0.6) is 0 Å². The van der Waals surface area contributed by atoms with Crippen LogP contribution in [0.25, 0.3) is 0 Å². The summed E-state index contributed by atoms with van der Waals surface area (Å²) >= 11 is 3.47. The lowest BCUT2D eigenvalue weighted by atomic mass is 9.84. The summed E-state index contributed by atoms with van der Waals surface area (Å²) in [7, 11) is 0. The Morgan fingerprint density at radius 3 is 2.80 bits per heavy atom. The van der Waals surface area contributed by atoms with Crippen LogP contribution in [0.15, 0.2) is 22.7 Å². The minimum atomic E-state index is 0.00195. The second-order valence-corrected chi connectivity index (χ2v) is 7.00. The van der Waals surface area contributed by atoms with E-state index in [1.807, 2.05) is 12.1 Å². The quantitative estimate of drug-likeness (QED) is 0.889. The van der Waals surface area contributed by atoms with Crippen molar-refractivity contribution >= 4 is 27.5 Å². The molecule has 0 spiro atoms. The van der Waals surface area contributed by atoms with E-state index in [9.17, 15) is 4.79 Å². The third-order valence-corrected chi connectivity index (χ3v) is 5.48. The molecule has 108 valence electrons. The van der Waals surface area contributed by atoms with Crippen LogP contribution < -0.4 is 11.1 Å². The SMILES string of the molecule is CCc1cc(Br)ccc1NC(=O)C1C2CCC(C2)C1N. The molecule has 0 radical (unpaired) electrons. The van der Waals surface area contributed by atoms with Gasteiger partial charge in [0.15, 0.2) is 0 Å². The Morgan fingerprint density at radius 1 is 1.40 bits per heavy atom. The Kier molecular flexibility index (Phi) is 3.87. The van der Waals surface area contributed by atoms with Gasteiger partial charge in [-0.25, -0.2) is 0 Å². The predicted octanol–water partition coefficient (Wildman–Crippen LogP) is 3.32. The van der Waals surface area contributed by atoms with E-state index in [0.29, 0.717) is 11.8 Å². The van der Waals surface area contributed by atoms with Crippen LogP contribution in [0.2, 0.25) is 0 Å². The van der Waals surface area contributed by atoms with E-state index in [-0.39, 0.29) is 17.9 Å². The van der Waals surface area contributed by atoms with E-state index in [0.717, 1.165) is 35.0 Å². The van der Waals surface area contributed by atoms with Crippen molar-refractivity contribution in [3.63, 3.8) is 0 Å². The first kappa shape index (κ1) is 14.1. The van der Waals surface area contributed by atoms with Crippen molar-refractivity contribution in [3.8, 4) is 0 Å². The lowest BCUT2D eigenvalue weighted by molar-refractivity contribution is -0.121. The van der Waals surface area contributed by atoms with Crippen LogP contribution >= 0.6 is 15.9 Å². The first-order chi connectivity index (χ1) is 9.60. The van der Waals surface area contributed by atoms with E-state index >= 15 is 0 Å². The number of nitrogens with two attached hydrogens (primary N) is 1. The summed E-state index contributed by atoms with van der Waals surface area (Å²) in [5.74, 6) is 1.17. The number of nitrogens with one attached hydrogen (secondary N) is 1. The smallest absolute Gasteiger partial charge is 0.229 e. The van der Waals surface area contributed by atoms with Gasteiger partial charge in [-0.15, -0.1) is 0 Å². The molecule has 1 aromatic rings. The summed E-state index contributed by atoms with van der Waals surface area (Å²) in [5.41, 5.74) is 8.33. The van der Waals surface area contributed by atoms with Gasteiger partial charge >= 0.3 is 0 Å². The summed E-state index contributed by atoms with van der Waals surface area (Å²) in [5, 5.41) is 3.11. The summed E-state index contributed by atoms with van der Waals surface area (Å²) < 4.78 is 1.05. The Balaban J connectivity index is 1.76. The molecular formula is C16H21BrN2O. The number of halogens is 1. The summed E-state index contributed by atoms with van der Waals surface area (Å²) in [6, 6.07) is 6.06. The van der Waals surface area contributed by atoms with Crippen molar-refractivity contribution in [1.82, 2.24) is 0 Å². The Bertz CT molecular complexity index is 529. The van der Waals surface area contributed by atoms with Crippen LogP contribution in [0.4, 0.5) is 5.69 Å². The minimum Gasteiger partial charge on any atom is -0.327 e. The lowest BCUT2D eigenvalue weighted by Crippen LogP contribution is -2.42. The zero-order chi connectivity index (χ0) is 14.3. The fourth-order valence-corrected chi connectivity index (χ4v) is 4.33. The number of hydrogen-bond acceptors (Lipinski definition) is 2. The fraction of sp³-hybridized carbons (Fsp3) is 0.562. The van der Waals surface area contributed by atoms with Gasteiger partial charge in [0.05, 0.1) is 5.92 Å². The van der Waals surface area contributed by atoms with Gasteiger partial charge in [0, 0.05) is 16.2 Å². The van der Waals surface area contributed by atoms with Gasteiger partial charge in [-0.1, -0.05) is 22.9 Å². The van der Waals surface area contributed by atoms with Crippen LogP contribution in [-0.2, 0) is 11.2 Å². The second kappa shape index (κ2) is 5.49. The van der Waals surface area contributed by atoms with Gasteiger partial charge in [0.25, 0.3) is 0 Å². The van der Waals surface area contributed by atoms with Crippen LogP contribution in [0, 0.1) is 17.8 Å². The van der Waals surface area contributed by atoms with Gasteiger partial charge in [-0.05, 0) is 61.3 Å². The third kappa shape index (κ3) is 2.40. The van der Waals surface area contributed by atoms with Crippen molar-refractivity contribution in [2.45, 2.75) is 38.6 Å². The molecule has 2 aliphatic rings. The van der Waals surface area contributed by atoms with E-state index in [4.69, 9.17) is 5.73 Å². The molecule has 2 bridgehead atoms. The predicted molar refractivity (Wildman–Crippen MR) is 84.4 cm³/mol. The molecule has 0 aromatic heterocycles. The summed E-state index contributed by atoms with van der Waals surface area (Å²) in [4.78, 5) is 12.6. The topological polar surface area (TPSA) is 55.1 Å². The van der Waals surface area contributed by atoms with Crippen LogP contribution in [0.3, 0.4) is 0 Å². The zero-order valence-electron chi connectivity index (χ0n) is 11.7. The molecule has 1 aromatic carbocycles. The monoisotopic (exact) mass is 336 g/mol. The average molecular weight is 337 g/mol. The standard InChI is InChI=1S/C16H21BrN2O/c1-2-9-8-12(17)5-6-13(9)19-16(20)14-10-3-4-11(7-10)15(14)18/h5-6,8,10-11,14-15H,2-4,7,18H2,1H3,(H,19,20). The molecule has 4 atom stereocenters. The number of carbonyl (C=O) groups excluding carboxylic acids is 1. The van der Waals surface area contributed by atoms with Crippen molar-refractivity contribution in [1.29, 1.82) is 0 Å². The van der Waals surface area contributed by atoms with Crippen molar-refractivity contribution in [2.75, 3.05) is 5.32 Å². The molecule has 3 rings (SSSR count). The third-order valence-electron chi connectivity index (χ3n) is 4.99. The maximum Gasteiger partial charge on any atom is 0.229 e. The number of benzene rings is 1. The highest BCUT2D eigenvalue weighted by Gasteiger charge is 2.49. The molecule has 3 N–H and O–H groups in total. The van der Waals surface area contributed by atoms with Crippen molar-refractivity contribution < 1.29 is 4.79 Å². The number of hydrogen-bond donors (Lipinski definition) is 2. The number of aryl methyl sites for hydroxylation is 1. The van der Waals surface area contributed by atoms with Crippen molar-refractivity contribution in [2.24, 2.45) is 23.5 Å². The van der Waals surface area contributed by atoms with Gasteiger partial charge in [0.2, 0.25) is 5.91 Å². The highest BCUT2D eigenvalue weighted by Crippen LogP contribution is 2.48. The molecule has 0 heterocycles. The summed E-state index contributed by atoms with van der Waals surface area (Å²) in [6.45, 7) is 2.10. The Labute approximate surface area is 128 Å². The maximum atomic E-state index is 12.6. The molecule has 2 aliphatic carbocycles. The molecular weight excluding hydrogens is 316 g/mol. The largest absolute Gasteiger partial charge is 0.327 e. The van der Waals surface area contributed by atoms with Crippen LogP contribution in [-0.4, -0.2) is 11.9 Å². The Morgan fingerprint density at radius 2 is 2.15 bits per heavy atom. The number of fused-ring (bicyclic) bond motifs is 2. The molecule has 2 fully saturated rings. The zero-order valence-corrected chi connectivity index (χ0v) is 13.3. The number of rotatable bonds is 3.